The Bertz CT molecular complexity index is 545. The van der Waals surface area contributed by atoms with Gasteiger partial charge < -0.3 is 15.0 Å². The molecule has 1 heterocycles. The monoisotopic (exact) mass is 340 g/mol. The molecule has 0 aromatic heterocycles. The Kier molecular flexibility index (Phi) is 4.32. The van der Waals surface area contributed by atoms with E-state index >= 15 is 0 Å². The van der Waals surface area contributed by atoms with Gasteiger partial charge in [-0.25, -0.2) is 0 Å². The summed E-state index contributed by atoms with van der Waals surface area (Å²) in [6, 6.07) is 4.85. The molecular formula is C14H17BrN2O3. The van der Waals surface area contributed by atoms with Gasteiger partial charge in [-0.3, -0.25) is 9.59 Å². The van der Waals surface area contributed by atoms with Crippen LogP contribution in [0.1, 0.15) is 13.8 Å². The maximum absolute atomic E-state index is 12.4. The Morgan fingerprint density at radius 3 is 2.65 bits per heavy atom. The van der Waals surface area contributed by atoms with E-state index in [0.717, 1.165) is 4.47 Å². The summed E-state index contributed by atoms with van der Waals surface area (Å²) in [5.74, 6) is 0.505. The average molecular weight is 341 g/mol. The quantitative estimate of drug-likeness (QED) is 0.914. The molecule has 6 heteroatoms. The van der Waals surface area contributed by atoms with Crippen LogP contribution in [0.4, 0.5) is 5.69 Å². The molecule has 0 bridgehead atoms. The van der Waals surface area contributed by atoms with Gasteiger partial charge in [-0.2, -0.15) is 0 Å². The molecule has 0 saturated carbocycles. The van der Waals surface area contributed by atoms with Gasteiger partial charge in [0.2, 0.25) is 11.8 Å². The van der Waals surface area contributed by atoms with Gasteiger partial charge in [-0.15, -0.1) is 0 Å². The highest BCUT2D eigenvalue weighted by Crippen LogP contribution is 2.30. The predicted octanol–water partition coefficient (Wildman–Crippen LogP) is 1.95. The Balaban J connectivity index is 2.33. The maximum atomic E-state index is 12.4. The Morgan fingerprint density at radius 1 is 1.40 bits per heavy atom. The fraction of sp³-hybridized carbons (Fsp3) is 0.429. The van der Waals surface area contributed by atoms with E-state index in [1.165, 1.54) is 4.90 Å². The number of benzene rings is 1. The summed E-state index contributed by atoms with van der Waals surface area (Å²) in [5, 5.41) is 2.74. The van der Waals surface area contributed by atoms with Crippen LogP contribution in [0.5, 0.6) is 5.75 Å². The lowest BCUT2D eigenvalue weighted by Crippen LogP contribution is -2.60. The number of amides is 2. The van der Waals surface area contributed by atoms with Crippen molar-refractivity contribution in [1.29, 1.82) is 0 Å². The minimum atomic E-state index is -0.475. The van der Waals surface area contributed by atoms with Crippen molar-refractivity contribution in [3.05, 3.63) is 22.7 Å². The molecule has 1 fully saturated rings. The number of piperazine rings is 1. The SMILES string of the molecule is COc1ccc(N2CC(=O)NC(C(C)C)C2=O)cc1Br. The van der Waals surface area contributed by atoms with Crippen LogP contribution in [0.2, 0.25) is 0 Å². The first-order valence-electron chi connectivity index (χ1n) is 6.38. The van der Waals surface area contributed by atoms with Crippen LogP contribution in [-0.4, -0.2) is 31.5 Å². The van der Waals surface area contributed by atoms with Crippen LogP contribution in [-0.2, 0) is 9.59 Å². The molecule has 0 radical (unpaired) electrons. The van der Waals surface area contributed by atoms with Crippen molar-refractivity contribution < 1.29 is 14.3 Å². The van der Waals surface area contributed by atoms with Crippen LogP contribution >= 0.6 is 15.9 Å². The van der Waals surface area contributed by atoms with E-state index in [1.54, 1.807) is 25.3 Å². The van der Waals surface area contributed by atoms with Gasteiger partial charge in [0, 0.05) is 5.69 Å². The van der Waals surface area contributed by atoms with Crippen LogP contribution in [0.15, 0.2) is 22.7 Å². The van der Waals surface area contributed by atoms with E-state index in [4.69, 9.17) is 4.74 Å². The van der Waals surface area contributed by atoms with Crippen LogP contribution < -0.4 is 15.0 Å². The highest BCUT2D eigenvalue weighted by atomic mass is 79.9. The lowest BCUT2D eigenvalue weighted by Gasteiger charge is -2.34. The van der Waals surface area contributed by atoms with Gasteiger partial charge in [0.15, 0.2) is 0 Å². The number of methoxy groups -OCH3 is 1. The summed E-state index contributed by atoms with van der Waals surface area (Å²) in [5.41, 5.74) is 0.683. The van der Waals surface area contributed by atoms with E-state index in [2.05, 4.69) is 21.2 Å². The molecule has 1 aromatic carbocycles. The number of carbonyl (C=O) groups is 2. The van der Waals surface area contributed by atoms with E-state index in [0.29, 0.717) is 11.4 Å². The molecule has 1 aliphatic rings. The van der Waals surface area contributed by atoms with Gasteiger partial charge in [0.25, 0.3) is 0 Å². The summed E-state index contributed by atoms with van der Waals surface area (Å²) in [6.45, 7) is 3.87. The van der Waals surface area contributed by atoms with Crippen molar-refractivity contribution in [2.45, 2.75) is 19.9 Å². The summed E-state index contributed by atoms with van der Waals surface area (Å²) < 4.78 is 5.91. The van der Waals surface area contributed by atoms with Crippen LogP contribution in [0, 0.1) is 5.92 Å². The van der Waals surface area contributed by atoms with Gasteiger partial charge in [0.1, 0.15) is 18.3 Å². The molecule has 5 nitrogen and oxygen atoms in total. The first-order valence-corrected chi connectivity index (χ1v) is 7.17. The number of nitrogens with zero attached hydrogens (tertiary/aromatic N) is 1. The number of ether oxygens (including phenoxy) is 1. The number of rotatable bonds is 3. The third-order valence-electron chi connectivity index (χ3n) is 3.26. The highest BCUT2D eigenvalue weighted by Gasteiger charge is 2.35. The number of hydrogen-bond donors (Lipinski definition) is 1. The molecule has 1 aliphatic heterocycles. The number of carbonyl (C=O) groups excluding carboxylic acids is 2. The molecule has 0 spiro atoms. The standard InChI is InChI=1S/C14H17BrN2O3/c1-8(2)13-14(19)17(7-12(18)16-13)9-4-5-11(20-3)10(15)6-9/h4-6,8,13H,7H2,1-3H3,(H,16,18). The fourth-order valence-electron chi connectivity index (χ4n) is 2.16. The topological polar surface area (TPSA) is 58.6 Å². The predicted molar refractivity (Wildman–Crippen MR) is 79.8 cm³/mol. The largest absolute Gasteiger partial charge is 0.496 e. The summed E-state index contributed by atoms with van der Waals surface area (Å²) in [6.07, 6.45) is 0. The second kappa shape index (κ2) is 5.83. The lowest BCUT2D eigenvalue weighted by atomic mass is 10.0. The number of anilines is 1. The normalized spacial score (nSPS) is 19.2. The van der Waals surface area contributed by atoms with Gasteiger partial charge in [0.05, 0.1) is 11.6 Å². The summed E-state index contributed by atoms with van der Waals surface area (Å²) in [4.78, 5) is 25.7. The van der Waals surface area contributed by atoms with Crippen molar-refractivity contribution in [2.75, 3.05) is 18.6 Å². The van der Waals surface area contributed by atoms with Crippen molar-refractivity contribution in [2.24, 2.45) is 5.92 Å². The molecule has 1 saturated heterocycles. The van der Waals surface area contributed by atoms with Crippen LogP contribution in [0.3, 0.4) is 0 Å². The summed E-state index contributed by atoms with van der Waals surface area (Å²) >= 11 is 3.39. The van der Waals surface area contributed by atoms with E-state index < -0.39 is 6.04 Å². The minimum absolute atomic E-state index is 0.0425. The Labute approximate surface area is 126 Å². The minimum Gasteiger partial charge on any atom is -0.496 e. The molecule has 2 rings (SSSR count). The molecule has 1 aromatic rings. The van der Waals surface area contributed by atoms with Crippen molar-refractivity contribution in [3.63, 3.8) is 0 Å². The smallest absolute Gasteiger partial charge is 0.250 e. The number of halogens is 1. The summed E-state index contributed by atoms with van der Waals surface area (Å²) in [7, 11) is 1.58. The molecule has 108 valence electrons. The first-order chi connectivity index (χ1) is 9.43. The molecule has 1 atom stereocenters. The molecule has 1 unspecified atom stereocenters. The highest BCUT2D eigenvalue weighted by molar-refractivity contribution is 9.10. The molecular weight excluding hydrogens is 324 g/mol. The molecule has 0 aliphatic carbocycles. The zero-order chi connectivity index (χ0) is 14.9. The zero-order valence-electron chi connectivity index (χ0n) is 11.6. The second-order valence-corrected chi connectivity index (χ2v) is 5.89. The number of hydrogen-bond acceptors (Lipinski definition) is 3. The molecule has 2 amide bonds. The van der Waals surface area contributed by atoms with Gasteiger partial charge in [-0.1, -0.05) is 13.8 Å². The molecule has 20 heavy (non-hydrogen) atoms. The van der Waals surface area contributed by atoms with Crippen LogP contribution in [0.25, 0.3) is 0 Å². The second-order valence-electron chi connectivity index (χ2n) is 5.03. The van der Waals surface area contributed by atoms with E-state index in [1.807, 2.05) is 13.8 Å². The lowest BCUT2D eigenvalue weighted by molar-refractivity contribution is -0.132. The van der Waals surface area contributed by atoms with Crippen molar-refractivity contribution in [3.8, 4) is 5.75 Å². The van der Waals surface area contributed by atoms with Gasteiger partial charge >= 0.3 is 0 Å². The van der Waals surface area contributed by atoms with Gasteiger partial charge in [-0.05, 0) is 40.0 Å². The van der Waals surface area contributed by atoms with E-state index in [9.17, 15) is 9.59 Å². The number of nitrogens with one attached hydrogen (secondary N) is 1. The Hall–Kier alpha value is -1.56. The molecule has 1 N–H and O–H groups in total. The first kappa shape index (κ1) is 14.8. The fourth-order valence-corrected chi connectivity index (χ4v) is 2.69. The van der Waals surface area contributed by atoms with Crippen molar-refractivity contribution in [1.82, 2.24) is 5.32 Å². The zero-order valence-corrected chi connectivity index (χ0v) is 13.2. The average Bonchev–Trinajstić information content (AvgIpc) is 2.40. The van der Waals surface area contributed by atoms with E-state index in [-0.39, 0.29) is 24.3 Å². The third kappa shape index (κ3) is 2.80. The third-order valence-corrected chi connectivity index (χ3v) is 3.88. The van der Waals surface area contributed by atoms with Crippen molar-refractivity contribution >= 4 is 33.4 Å². The Morgan fingerprint density at radius 2 is 2.10 bits per heavy atom. The maximum Gasteiger partial charge on any atom is 0.250 e.